The zero-order chi connectivity index (χ0) is 10.1. The first-order valence-corrected chi connectivity index (χ1v) is 5.55. The Morgan fingerprint density at radius 1 is 1.38 bits per heavy atom. The van der Waals surface area contributed by atoms with Crippen LogP contribution in [0.2, 0.25) is 0 Å². The Bertz CT molecular complexity index is 139. The largest absolute Gasteiger partial charge is 0.355 e. The minimum absolute atomic E-state index is 0.0788. The summed E-state index contributed by atoms with van der Waals surface area (Å²) in [6.07, 6.45) is 4.81. The highest BCUT2D eigenvalue weighted by molar-refractivity contribution is 6.20. The van der Waals surface area contributed by atoms with Crippen LogP contribution in [0.4, 0.5) is 0 Å². The summed E-state index contributed by atoms with van der Waals surface area (Å²) in [7, 11) is 0. The van der Waals surface area contributed by atoms with Crippen molar-refractivity contribution >= 4 is 17.5 Å². The van der Waals surface area contributed by atoms with Crippen molar-refractivity contribution in [3.05, 3.63) is 0 Å². The second-order valence-electron chi connectivity index (χ2n) is 3.27. The summed E-state index contributed by atoms with van der Waals surface area (Å²) in [6, 6.07) is 0. The minimum atomic E-state index is 0.0788. The molecule has 0 rings (SSSR count). The first-order valence-electron chi connectivity index (χ1n) is 5.11. The molecule has 78 valence electrons. The lowest BCUT2D eigenvalue weighted by Crippen LogP contribution is -2.29. The molecule has 0 aromatic heterocycles. The van der Waals surface area contributed by atoms with E-state index in [2.05, 4.69) is 12.2 Å². The molecular weight excluding hydrogens is 186 g/mol. The molecule has 3 heteroatoms. The molecule has 0 spiro atoms. The third-order valence-electron chi connectivity index (χ3n) is 1.97. The number of alkyl halides is 1. The smallest absolute Gasteiger partial charge is 0.220 e. The van der Waals surface area contributed by atoms with Gasteiger partial charge in [-0.2, -0.15) is 0 Å². The van der Waals surface area contributed by atoms with Crippen LogP contribution in [0.1, 0.15) is 46.0 Å². The summed E-state index contributed by atoms with van der Waals surface area (Å²) < 4.78 is 0. The maximum absolute atomic E-state index is 11.2. The van der Waals surface area contributed by atoms with E-state index in [-0.39, 0.29) is 11.3 Å². The number of hydrogen-bond acceptors (Lipinski definition) is 1. The Labute approximate surface area is 86.0 Å². The predicted octanol–water partition coefficient (Wildman–Crippen LogP) is 2.70. The minimum Gasteiger partial charge on any atom is -0.355 e. The van der Waals surface area contributed by atoms with Gasteiger partial charge in [0.1, 0.15) is 0 Å². The SMILES string of the molecule is CCCCCC(=O)NCC(Cl)CC. The highest BCUT2D eigenvalue weighted by Crippen LogP contribution is 2.00. The van der Waals surface area contributed by atoms with Crippen LogP contribution in [0, 0.1) is 0 Å². The standard InChI is InChI=1S/C10H20ClNO/c1-3-5-6-7-10(13)12-8-9(11)4-2/h9H,3-8H2,1-2H3,(H,12,13). The van der Waals surface area contributed by atoms with Gasteiger partial charge in [0.15, 0.2) is 0 Å². The molecule has 1 N–H and O–H groups in total. The van der Waals surface area contributed by atoms with Crippen molar-refractivity contribution in [3.8, 4) is 0 Å². The van der Waals surface area contributed by atoms with Crippen molar-refractivity contribution < 1.29 is 4.79 Å². The van der Waals surface area contributed by atoms with Gasteiger partial charge in [0, 0.05) is 13.0 Å². The number of carbonyl (C=O) groups excluding carboxylic acids is 1. The van der Waals surface area contributed by atoms with Crippen LogP contribution >= 0.6 is 11.6 Å². The second kappa shape index (κ2) is 8.36. The van der Waals surface area contributed by atoms with Gasteiger partial charge in [-0.15, -0.1) is 11.6 Å². The molecule has 0 aromatic rings. The van der Waals surface area contributed by atoms with Gasteiger partial charge in [0.25, 0.3) is 0 Å². The fraction of sp³-hybridized carbons (Fsp3) is 0.900. The monoisotopic (exact) mass is 205 g/mol. The lowest BCUT2D eigenvalue weighted by molar-refractivity contribution is -0.121. The predicted molar refractivity (Wildman–Crippen MR) is 57.1 cm³/mol. The van der Waals surface area contributed by atoms with Crippen LogP contribution in [-0.4, -0.2) is 17.8 Å². The normalized spacial score (nSPS) is 12.5. The maximum Gasteiger partial charge on any atom is 0.220 e. The number of hydrogen-bond donors (Lipinski definition) is 1. The lowest BCUT2D eigenvalue weighted by Gasteiger charge is -2.07. The molecule has 0 saturated carbocycles. The number of rotatable bonds is 7. The number of unbranched alkanes of at least 4 members (excludes halogenated alkanes) is 2. The van der Waals surface area contributed by atoms with E-state index < -0.39 is 0 Å². The van der Waals surface area contributed by atoms with Gasteiger partial charge in [0.2, 0.25) is 5.91 Å². The fourth-order valence-electron chi connectivity index (χ4n) is 0.993. The van der Waals surface area contributed by atoms with Gasteiger partial charge in [-0.25, -0.2) is 0 Å². The lowest BCUT2D eigenvalue weighted by atomic mass is 10.2. The van der Waals surface area contributed by atoms with Crippen LogP contribution in [0.25, 0.3) is 0 Å². The van der Waals surface area contributed by atoms with E-state index in [1.54, 1.807) is 0 Å². The van der Waals surface area contributed by atoms with Gasteiger partial charge in [-0.1, -0.05) is 26.7 Å². The Morgan fingerprint density at radius 2 is 2.08 bits per heavy atom. The van der Waals surface area contributed by atoms with Crippen LogP contribution < -0.4 is 5.32 Å². The van der Waals surface area contributed by atoms with Crippen molar-refractivity contribution in [2.24, 2.45) is 0 Å². The van der Waals surface area contributed by atoms with Gasteiger partial charge in [-0.3, -0.25) is 4.79 Å². The number of nitrogens with one attached hydrogen (secondary N) is 1. The highest BCUT2D eigenvalue weighted by atomic mass is 35.5. The third-order valence-corrected chi connectivity index (χ3v) is 2.43. The Kier molecular flexibility index (Phi) is 8.21. The molecule has 1 atom stereocenters. The fourth-order valence-corrected chi connectivity index (χ4v) is 1.07. The van der Waals surface area contributed by atoms with Crippen molar-refractivity contribution in [2.75, 3.05) is 6.54 Å². The molecule has 2 nitrogen and oxygen atoms in total. The zero-order valence-corrected chi connectivity index (χ0v) is 9.36. The summed E-state index contributed by atoms with van der Waals surface area (Å²) in [5.74, 6) is 0.132. The second-order valence-corrected chi connectivity index (χ2v) is 3.88. The summed E-state index contributed by atoms with van der Waals surface area (Å²) >= 11 is 5.86. The molecule has 0 saturated heterocycles. The average Bonchev–Trinajstić information content (AvgIpc) is 2.14. The molecule has 0 fully saturated rings. The van der Waals surface area contributed by atoms with E-state index in [4.69, 9.17) is 11.6 Å². The molecule has 1 unspecified atom stereocenters. The van der Waals surface area contributed by atoms with Gasteiger partial charge in [-0.05, 0) is 12.8 Å². The molecule has 0 aliphatic heterocycles. The first kappa shape index (κ1) is 12.8. The summed E-state index contributed by atoms with van der Waals surface area (Å²) in [4.78, 5) is 11.2. The third kappa shape index (κ3) is 8.10. The van der Waals surface area contributed by atoms with Crippen molar-refractivity contribution in [2.45, 2.75) is 51.3 Å². The zero-order valence-electron chi connectivity index (χ0n) is 8.61. The summed E-state index contributed by atoms with van der Waals surface area (Å²) in [5, 5.41) is 2.90. The molecule has 13 heavy (non-hydrogen) atoms. The molecule has 0 aliphatic carbocycles. The van der Waals surface area contributed by atoms with Crippen LogP contribution in [0.3, 0.4) is 0 Å². The number of carbonyl (C=O) groups is 1. The Balaban J connectivity index is 3.30. The van der Waals surface area contributed by atoms with Gasteiger partial charge < -0.3 is 5.32 Å². The van der Waals surface area contributed by atoms with Crippen molar-refractivity contribution in [1.82, 2.24) is 5.32 Å². The topological polar surface area (TPSA) is 29.1 Å². The highest BCUT2D eigenvalue weighted by Gasteiger charge is 2.04. The van der Waals surface area contributed by atoms with E-state index in [1.165, 1.54) is 0 Å². The molecule has 0 heterocycles. The molecule has 0 aromatic carbocycles. The summed E-state index contributed by atoms with van der Waals surface area (Å²) in [5.41, 5.74) is 0. The van der Waals surface area contributed by atoms with Crippen LogP contribution in [0.15, 0.2) is 0 Å². The quantitative estimate of drug-likeness (QED) is 0.503. The van der Waals surface area contributed by atoms with Gasteiger partial charge >= 0.3 is 0 Å². The molecule has 0 radical (unpaired) electrons. The van der Waals surface area contributed by atoms with E-state index in [9.17, 15) is 4.79 Å². The Morgan fingerprint density at radius 3 is 2.62 bits per heavy atom. The van der Waals surface area contributed by atoms with Gasteiger partial charge in [0.05, 0.1) is 5.38 Å². The van der Waals surface area contributed by atoms with E-state index in [0.717, 1.165) is 25.7 Å². The Hall–Kier alpha value is -0.240. The van der Waals surface area contributed by atoms with Crippen molar-refractivity contribution in [3.63, 3.8) is 0 Å². The van der Waals surface area contributed by atoms with E-state index >= 15 is 0 Å². The number of amides is 1. The van der Waals surface area contributed by atoms with Crippen molar-refractivity contribution in [1.29, 1.82) is 0 Å². The van der Waals surface area contributed by atoms with E-state index in [0.29, 0.717) is 13.0 Å². The summed E-state index contributed by atoms with van der Waals surface area (Å²) in [6.45, 7) is 4.74. The van der Waals surface area contributed by atoms with Crippen LogP contribution in [0.5, 0.6) is 0 Å². The maximum atomic E-state index is 11.2. The van der Waals surface area contributed by atoms with E-state index in [1.807, 2.05) is 6.92 Å². The molecule has 1 amide bonds. The molecule has 0 aliphatic rings. The van der Waals surface area contributed by atoms with Crippen LogP contribution in [-0.2, 0) is 4.79 Å². The molecular formula is C10H20ClNO. The number of halogens is 1. The molecule has 0 bridgehead atoms. The average molecular weight is 206 g/mol. The first-order chi connectivity index (χ1) is 6.20.